The van der Waals surface area contributed by atoms with Gasteiger partial charge in [0.1, 0.15) is 54.9 Å². The van der Waals surface area contributed by atoms with Crippen molar-refractivity contribution in [3.05, 3.63) is 78.5 Å². The smallest absolute Gasteiger partial charge is 0.359 e. The summed E-state index contributed by atoms with van der Waals surface area (Å²) in [5.74, 6) is -3.69. The van der Waals surface area contributed by atoms with Crippen molar-refractivity contribution in [2.24, 2.45) is 0 Å². The number of H-pyrrole nitrogens is 2. The van der Waals surface area contributed by atoms with Gasteiger partial charge in [-0.2, -0.15) is 0 Å². The molecule has 0 spiro atoms. The predicted octanol–water partition coefficient (Wildman–Crippen LogP) is -3.85. The van der Waals surface area contributed by atoms with Crippen LogP contribution in [0.5, 0.6) is 0 Å². The number of imide groups is 1. The van der Waals surface area contributed by atoms with E-state index in [0.717, 1.165) is 60.7 Å². The van der Waals surface area contributed by atoms with E-state index in [1.165, 1.54) is 46.2 Å². The van der Waals surface area contributed by atoms with Crippen molar-refractivity contribution in [3.63, 3.8) is 0 Å². The second-order valence-corrected chi connectivity index (χ2v) is 23.7. The zero-order valence-corrected chi connectivity index (χ0v) is 47.8. The summed E-state index contributed by atoms with van der Waals surface area (Å²) in [4.78, 5) is 127. The Morgan fingerprint density at radius 2 is 1.27 bits per heavy atom. The van der Waals surface area contributed by atoms with Gasteiger partial charge in [-0.1, -0.05) is 0 Å². The fraction of sp³-hybridized carbons (Fsp3) is 0.674. The van der Waals surface area contributed by atoms with Gasteiger partial charge >= 0.3 is 26.6 Å². The number of aromatic amines is 2. The van der Waals surface area contributed by atoms with Gasteiger partial charge in [-0.25, -0.2) is 9.59 Å². The van der Waals surface area contributed by atoms with Crippen molar-refractivity contribution in [1.82, 2.24) is 45.3 Å². The minimum absolute atomic E-state index is 0.144. The third-order valence-electron chi connectivity index (χ3n) is 13.1. The molecule has 0 aliphatic carbocycles. The molecule has 36 heteroatoms. The number of aliphatic hydroxyl groups is 2. The summed E-state index contributed by atoms with van der Waals surface area (Å²) in [5, 5.41) is 28.9. The number of ether oxygens (including phenoxy) is 8. The third-order valence-corrected chi connectivity index (χ3v) is 17.1. The first-order valence-corrected chi connectivity index (χ1v) is 28.6. The van der Waals surface area contributed by atoms with E-state index < -0.39 is 173 Å². The van der Waals surface area contributed by atoms with E-state index >= 15 is 0 Å². The van der Waals surface area contributed by atoms with Crippen molar-refractivity contribution >= 4 is 45.2 Å². The highest BCUT2D eigenvalue weighted by Crippen LogP contribution is 2.58. The van der Waals surface area contributed by atoms with Gasteiger partial charge in [0.05, 0.1) is 39.6 Å². The molecule has 15 unspecified atom stereocenters. The van der Waals surface area contributed by atoms with Gasteiger partial charge in [-0.3, -0.25) is 67.1 Å². The molecule has 82 heavy (non-hydrogen) atoms. The van der Waals surface area contributed by atoms with Crippen LogP contribution in [0.3, 0.4) is 0 Å². The van der Waals surface area contributed by atoms with Gasteiger partial charge in [-0.05, 0) is 20.8 Å². The molecule has 9 N–H and O–H groups in total. The molecule has 3 aliphatic heterocycles. The number of hydrogen-bond donors (Lipinski definition) is 9. The maximum absolute atomic E-state index is 14.9. The number of rotatable bonds is 32. The highest BCUT2D eigenvalue weighted by atomic mass is 31.2. The van der Waals surface area contributed by atoms with Gasteiger partial charge in [0.2, 0.25) is 24.1 Å². The maximum atomic E-state index is 14.9. The summed E-state index contributed by atoms with van der Waals surface area (Å²) in [6, 6.07) is 1.97. The molecular formula is C46H71N9O25P2. The van der Waals surface area contributed by atoms with Crippen LogP contribution < -0.4 is 43.8 Å². The lowest BCUT2D eigenvalue weighted by Crippen LogP contribution is -2.46. The van der Waals surface area contributed by atoms with Crippen LogP contribution in [0.2, 0.25) is 0 Å². The summed E-state index contributed by atoms with van der Waals surface area (Å²) < 4.78 is 97.2. The van der Waals surface area contributed by atoms with Gasteiger partial charge in [0.15, 0.2) is 29.9 Å². The Labute approximate surface area is 467 Å². The summed E-state index contributed by atoms with van der Waals surface area (Å²) >= 11 is 0. The first kappa shape index (κ1) is 67.1. The number of likely N-dealkylation sites (N-methyl/N-ethyl adjacent to an activating group) is 1. The average Bonchev–Trinajstić information content (AvgIpc) is 3.56. The second kappa shape index (κ2) is 30.2. The topological polar surface area (TPSA) is 443 Å². The molecule has 5 amide bonds. The highest BCUT2D eigenvalue weighted by Gasteiger charge is 2.56. The van der Waals surface area contributed by atoms with E-state index in [9.17, 15) is 67.4 Å². The van der Waals surface area contributed by atoms with Gasteiger partial charge in [0, 0.05) is 91.4 Å². The van der Waals surface area contributed by atoms with Crippen LogP contribution in [-0.4, -0.2) is 216 Å². The lowest BCUT2D eigenvalue weighted by Gasteiger charge is -2.36. The van der Waals surface area contributed by atoms with Crippen LogP contribution in [-0.2, 0) is 84.6 Å². The monoisotopic (exact) mass is 1210 g/mol. The van der Waals surface area contributed by atoms with Crippen LogP contribution in [0.25, 0.3) is 0 Å². The largest absolute Gasteiger partial charge is 0.394 e. The molecule has 3 saturated heterocycles. The molecule has 5 heterocycles. The first-order valence-electron chi connectivity index (χ1n) is 25.4. The van der Waals surface area contributed by atoms with Crippen LogP contribution >= 0.6 is 15.2 Å². The Kier molecular flexibility index (Phi) is 24.8. The van der Waals surface area contributed by atoms with Crippen LogP contribution in [0.15, 0.2) is 56.0 Å². The lowest BCUT2D eigenvalue weighted by molar-refractivity contribution is -0.129. The lowest BCUT2D eigenvalue weighted by atomic mass is 10.1. The van der Waals surface area contributed by atoms with Crippen molar-refractivity contribution in [1.29, 1.82) is 0 Å². The number of carbonyl (C=O) groups is 5. The molecule has 2 aromatic rings. The van der Waals surface area contributed by atoms with Crippen molar-refractivity contribution in [3.8, 4) is 0 Å². The van der Waals surface area contributed by atoms with Gasteiger partial charge in [-0.15, -0.1) is 0 Å². The van der Waals surface area contributed by atoms with Crippen LogP contribution in [0, 0.1) is 0 Å². The molecule has 0 saturated carbocycles. The minimum Gasteiger partial charge on any atom is -0.394 e. The number of aromatic nitrogens is 4. The van der Waals surface area contributed by atoms with Crippen molar-refractivity contribution < 1.29 is 99.7 Å². The Hall–Kier alpha value is -5.65. The Morgan fingerprint density at radius 1 is 0.768 bits per heavy atom. The molecule has 0 bridgehead atoms. The average molecular weight is 1210 g/mol. The van der Waals surface area contributed by atoms with E-state index in [4.69, 9.17) is 51.5 Å². The molecule has 5 rings (SSSR count). The van der Waals surface area contributed by atoms with Crippen LogP contribution in [0.1, 0.15) is 52.5 Å². The first-order chi connectivity index (χ1) is 38.8. The minimum atomic E-state index is -5.21. The fourth-order valence-corrected chi connectivity index (χ4v) is 10.7. The van der Waals surface area contributed by atoms with E-state index in [2.05, 4.69) is 25.9 Å². The van der Waals surface area contributed by atoms with Crippen molar-refractivity contribution in [2.75, 3.05) is 74.9 Å². The Bertz CT molecular complexity index is 2880. The molecule has 2 aromatic heterocycles. The molecule has 3 fully saturated rings. The maximum Gasteiger partial charge on any atom is 0.359 e. The molecule has 0 aromatic carbocycles. The molecule has 34 nitrogen and oxygen atoms in total. The number of hydrogen-bond acceptors (Lipinski definition) is 25. The zero-order chi connectivity index (χ0) is 60.7. The number of nitrogens with zero attached hydrogens (tertiary/aromatic N) is 3. The number of amides is 5. The van der Waals surface area contributed by atoms with E-state index in [1.54, 1.807) is 0 Å². The summed E-state index contributed by atoms with van der Waals surface area (Å²) in [6.45, 7) is 0.208. The molecule has 460 valence electrons. The zero-order valence-electron chi connectivity index (χ0n) is 46.0. The third kappa shape index (κ3) is 17.0. The highest BCUT2D eigenvalue weighted by molar-refractivity contribution is 7.54. The molecular weight excluding hydrogens is 1140 g/mol. The number of carbonyl (C=O) groups excluding carboxylic acids is 5. The Morgan fingerprint density at radius 3 is 1.77 bits per heavy atom. The molecule has 3 aliphatic rings. The summed E-state index contributed by atoms with van der Waals surface area (Å²) in [6.07, 6.45) is -13.5. The standard InChI is InChI=1S/C46H71N9O25P2/c1-25(76-36-26(21-56)77-41(39(36)72-19-13-30(59)48-5)53(7)15-9-32(61)50-24-57)81(67,70-8)74-23-28-37(40(73-20-14-31(60)49-6)43(79-28)55-17-11-34(63)52-45(55)66)80-46(2,3)82(68,69)75-22-27-35(64)38(71-18-12-29(58)47-4)42(78-27)54-16-10-33(62)51-44(54)65/h9-11,15-17,24-28,35-43,56,64H,12-14,18-23H2,1-8H3,(H,47,58)(H,48,59)(H,49,60)(H,68,69)(H,50,57,61)(H,51,62,65)(H,52,63,66)/b15-9-. The van der Waals surface area contributed by atoms with Crippen molar-refractivity contribution in [2.45, 2.75) is 125 Å². The van der Waals surface area contributed by atoms with E-state index in [0.29, 0.717) is 0 Å². The van der Waals surface area contributed by atoms with Gasteiger partial charge < -0.3 is 87.4 Å². The molecule has 15 atom stereocenters. The van der Waals surface area contributed by atoms with E-state index in [1.807, 2.05) is 5.32 Å². The Balaban J connectivity index is 1.46. The molecule has 0 radical (unpaired) electrons. The SMILES string of the molecule is CNC(=O)CCOC1C(OC(C)P(=O)(OC)OCC2OC(n3ccc(=O)[nH]c3=O)C(OCCC(=O)NC)C2OC(C)(C)P(=O)(O)OCC2OC(n3ccc(=O)[nH]c3=O)C(OCCC(=O)NC)C2O)C(CO)OC1N(C)/C=C\C(=O)NC=O. The number of nitrogens with one attached hydrogen (secondary N) is 6. The van der Waals surface area contributed by atoms with Gasteiger partial charge in [0.25, 0.3) is 17.0 Å². The fourth-order valence-electron chi connectivity index (χ4n) is 8.56. The summed E-state index contributed by atoms with van der Waals surface area (Å²) in [5.41, 5.74) is -3.56. The predicted molar refractivity (Wildman–Crippen MR) is 278 cm³/mol. The quantitative estimate of drug-likeness (QED) is 0.0192. The number of aliphatic hydroxyl groups excluding tert-OH is 2. The normalized spacial score (nSPS) is 27.3. The summed E-state index contributed by atoms with van der Waals surface area (Å²) in [7, 11) is -3.17. The van der Waals surface area contributed by atoms with E-state index in [-0.39, 0.29) is 38.9 Å². The van der Waals surface area contributed by atoms with Crippen LogP contribution in [0.4, 0.5) is 0 Å². The second-order valence-electron chi connectivity index (χ2n) is 18.9.